The first kappa shape index (κ1) is 38.1. The number of Topliss-reactive ketones (excluding diaryl/α,β-unsaturated/α-hetero) is 1. The number of carbonyl (C=O) groups is 2. The lowest BCUT2D eigenvalue weighted by Crippen LogP contribution is -2.59. The number of rotatable bonds is 7. The monoisotopic (exact) mass is 757 g/mol. The van der Waals surface area contributed by atoms with E-state index in [1.165, 1.54) is 0 Å². The predicted molar refractivity (Wildman–Crippen MR) is 196 cm³/mol. The number of halogens is 1. The first-order valence-electron chi connectivity index (χ1n) is 18.9. The quantitative estimate of drug-likeness (QED) is 0.300. The lowest BCUT2D eigenvalue weighted by Gasteiger charge is -2.44. The number of aromatic nitrogens is 1. The molecule has 7 rings (SSSR count). The largest absolute Gasteiger partial charge is 0.462 e. The molecule has 0 unspecified atom stereocenters. The Morgan fingerprint density at radius 3 is 2.46 bits per heavy atom. The number of thiazole rings is 1. The fraction of sp³-hybridized carbons (Fsp3) is 0.675. The molecule has 1 N–H and O–H groups in total. The van der Waals surface area contributed by atoms with Gasteiger partial charge in [0, 0.05) is 55.4 Å². The van der Waals surface area contributed by atoms with Gasteiger partial charge in [-0.2, -0.15) is 0 Å². The molecule has 52 heavy (non-hydrogen) atoms. The average Bonchev–Trinajstić information content (AvgIpc) is 3.85. The van der Waals surface area contributed by atoms with Crippen LogP contribution < -0.4 is 0 Å². The molecule has 10 nitrogen and oxygen atoms in total. The van der Waals surface area contributed by atoms with Gasteiger partial charge in [0.1, 0.15) is 29.4 Å². The molecule has 3 heterocycles. The third-order valence-electron chi connectivity index (χ3n) is 12.4. The first-order chi connectivity index (χ1) is 25.1. The topological polar surface area (TPSA) is 123 Å². The number of hydrogen-bond donors (Lipinski definition) is 1. The molecule has 2 aliphatic heterocycles. The van der Waals surface area contributed by atoms with Gasteiger partial charge in [-0.05, 0) is 68.9 Å². The minimum Gasteiger partial charge on any atom is -0.462 e. The van der Waals surface area contributed by atoms with E-state index < -0.39 is 30.3 Å². The fourth-order valence-electron chi connectivity index (χ4n) is 9.73. The van der Waals surface area contributed by atoms with E-state index in [0.29, 0.717) is 36.3 Å². The maximum Gasteiger partial charge on any atom is 0.306 e. The van der Waals surface area contributed by atoms with E-state index in [1.807, 2.05) is 45.0 Å². The van der Waals surface area contributed by atoms with Crippen molar-refractivity contribution in [3.63, 3.8) is 0 Å². The van der Waals surface area contributed by atoms with Crippen LogP contribution >= 0.6 is 22.9 Å². The van der Waals surface area contributed by atoms with Crippen molar-refractivity contribution in [1.82, 2.24) is 4.98 Å². The van der Waals surface area contributed by atoms with Crippen LogP contribution in [-0.4, -0.2) is 92.2 Å². The number of cyclic esters (lactones) is 1. The normalized spacial score (nSPS) is 39.3. The number of ether oxygens (including phenoxy) is 6. The summed E-state index contributed by atoms with van der Waals surface area (Å²) in [6, 6.07) is 7.72. The van der Waals surface area contributed by atoms with E-state index in [2.05, 4.69) is 6.08 Å². The van der Waals surface area contributed by atoms with E-state index >= 15 is 0 Å². The Hall–Kier alpha value is -2.22. The minimum absolute atomic E-state index is 0.0606. The van der Waals surface area contributed by atoms with Gasteiger partial charge in [0.05, 0.1) is 35.4 Å². The standard InChI is InChI=1S/C40H52ClNO9S/c1-7-21-11-10-14-30(43)19(2)34(45)27-17-25-24-15-22(51-40-37(48-6)36(47-5)35(46-4)20(3)49-40)16-28(24)38-33(32(25)26(27)18-31(44)50-21)42-39(52-38)23-12-8-9-13-29(23)41/h8-9,12-13,17,19-22,24-26,28,30,32,35-37,40,43H,7,10-11,14-16,18H2,1-6H3/t19-,20+,21+,22+,24+,25+,26-,28-,30+,32-,35+,36-,37-,40+/m1/s1. The molecule has 284 valence electrons. The van der Waals surface area contributed by atoms with Crippen molar-refractivity contribution in [2.75, 3.05) is 21.3 Å². The SMILES string of the molecule is CC[C@H]1CCC[C@H](O)[C@@H](C)C(=O)C2=C[C@H]3[C@@H]4C[C@H](O[C@@H]5O[C@@H](C)[C@H](OC)[C@@H](OC)[C@H]5OC)C[C@H]4c4sc(-c5ccccc5Cl)nc4[C@H]3[C@@H]2CC(=O)O1. The number of allylic oxidation sites excluding steroid dienone is 2. The highest BCUT2D eigenvalue weighted by Crippen LogP contribution is 2.63. The van der Waals surface area contributed by atoms with Crippen LogP contribution in [0, 0.1) is 23.7 Å². The Labute approximate surface area is 315 Å². The third kappa shape index (κ3) is 6.94. The summed E-state index contributed by atoms with van der Waals surface area (Å²) in [5.74, 6) is -1.44. The molecule has 14 atom stereocenters. The van der Waals surface area contributed by atoms with Gasteiger partial charge in [-0.3, -0.25) is 9.59 Å². The number of ketones is 1. The van der Waals surface area contributed by atoms with Crippen molar-refractivity contribution in [1.29, 1.82) is 0 Å². The van der Waals surface area contributed by atoms with Crippen LogP contribution in [0.2, 0.25) is 5.02 Å². The molecule has 0 spiro atoms. The molecular formula is C40H52ClNO9S. The van der Waals surface area contributed by atoms with Crippen molar-refractivity contribution < 1.29 is 43.1 Å². The van der Waals surface area contributed by atoms with Gasteiger partial charge in [-0.25, -0.2) is 4.98 Å². The Balaban J connectivity index is 1.27. The molecule has 0 amide bonds. The predicted octanol–water partition coefficient (Wildman–Crippen LogP) is 6.86. The van der Waals surface area contributed by atoms with Crippen LogP contribution in [0.15, 0.2) is 35.9 Å². The number of aliphatic hydroxyl groups is 1. The van der Waals surface area contributed by atoms with E-state index in [0.717, 1.165) is 34.0 Å². The summed E-state index contributed by atoms with van der Waals surface area (Å²) < 4.78 is 36.7. The fourth-order valence-corrected chi connectivity index (χ4v) is 11.4. The second kappa shape index (κ2) is 15.9. The number of hydrogen-bond acceptors (Lipinski definition) is 11. The summed E-state index contributed by atoms with van der Waals surface area (Å²) >= 11 is 8.38. The zero-order chi connectivity index (χ0) is 36.8. The molecule has 12 heteroatoms. The number of aliphatic hydroxyl groups excluding tert-OH is 1. The lowest BCUT2D eigenvalue weighted by molar-refractivity contribution is -0.314. The number of methoxy groups -OCH3 is 3. The molecule has 2 aromatic rings. The zero-order valence-electron chi connectivity index (χ0n) is 30.9. The molecule has 3 aliphatic carbocycles. The maximum atomic E-state index is 14.3. The highest BCUT2D eigenvalue weighted by molar-refractivity contribution is 7.15. The number of carbonyl (C=O) groups excluding carboxylic acids is 2. The van der Waals surface area contributed by atoms with Crippen molar-refractivity contribution in [2.24, 2.45) is 23.7 Å². The van der Waals surface area contributed by atoms with Gasteiger partial charge < -0.3 is 33.5 Å². The number of esters is 1. The molecule has 0 bridgehead atoms. The molecule has 0 radical (unpaired) electrons. The van der Waals surface area contributed by atoms with Gasteiger partial charge >= 0.3 is 5.97 Å². The lowest BCUT2D eigenvalue weighted by atomic mass is 9.67. The Morgan fingerprint density at radius 1 is 1.00 bits per heavy atom. The Bertz CT molecular complexity index is 1650. The second-order valence-corrected chi connectivity index (χ2v) is 16.7. The van der Waals surface area contributed by atoms with Gasteiger partial charge in [-0.15, -0.1) is 11.3 Å². The van der Waals surface area contributed by atoms with Gasteiger partial charge in [-0.1, -0.05) is 49.7 Å². The summed E-state index contributed by atoms with van der Waals surface area (Å²) in [5.41, 5.74) is 2.40. The summed E-state index contributed by atoms with van der Waals surface area (Å²) in [6.07, 6.45) is 2.87. The van der Waals surface area contributed by atoms with E-state index in [4.69, 9.17) is 45.0 Å². The van der Waals surface area contributed by atoms with Crippen molar-refractivity contribution in [2.45, 2.75) is 127 Å². The van der Waals surface area contributed by atoms with Crippen LogP contribution in [0.3, 0.4) is 0 Å². The summed E-state index contributed by atoms with van der Waals surface area (Å²) in [4.78, 5) is 34.5. The van der Waals surface area contributed by atoms with Gasteiger partial charge in [0.25, 0.3) is 0 Å². The zero-order valence-corrected chi connectivity index (χ0v) is 32.4. The van der Waals surface area contributed by atoms with E-state index in [-0.39, 0.29) is 72.4 Å². The summed E-state index contributed by atoms with van der Waals surface area (Å²) in [5, 5.41) is 12.6. The van der Waals surface area contributed by atoms with Crippen molar-refractivity contribution >= 4 is 34.7 Å². The molecule has 1 aromatic carbocycles. The molecule has 2 saturated heterocycles. The van der Waals surface area contributed by atoms with Crippen LogP contribution in [0.25, 0.3) is 10.6 Å². The first-order valence-corrected chi connectivity index (χ1v) is 20.1. The third-order valence-corrected chi connectivity index (χ3v) is 14.0. The summed E-state index contributed by atoms with van der Waals surface area (Å²) in [7, 11) is 4.92. The van der Waals surface area contributed by atoms with Crippen molar-refractivity contribution in [3.8, 4) is 10.6 Å². The van der Waals surface area contributed by atoms with Crippen LogP contribution in [-0.2, 0) is 38.0 Å². The molecule has 1 saturated carbocycles. The van der Waals surface area contributed by atoms with Crippen LogP contribution in [0.4, 0.5) is 0 Å². The molecular weight excluding hydrogens is 706 g/mol. The van der Waals surface area contributed by atoms with Gasteiger partial charge in [0.2, 0.25) is 0 Å². The highest BCUT2D eigenvalue weighted by atomic mass is 35.5. The van der Waals surface area contributed by atoms with E-state index in [9.17, 15) is 14.7 Å². The van der Waals surface area contributed by atoms with Crippen LogP contribution in [0.5, 0.6) is 0 Å². The smallest absolute Gasteiger partial charge is 0.306 e. The minimum atomic E-state index is -0.775. The van der Waals surface area contributed by atoms with Crippen LogP contribution in [0.1, 0.15) is 88.1 Å². The number of benzene rings is 1. The molecule has 5 aliphatic rings. The summed E-state index contributed by atoms with van der Waals surface area (Å²) in [6.45, 7) is 5.79. The average molecular weight is 758 g/mol. The number of nitrogens with zero attached hydrogens (tertiary/aromatic N) is 1. The molecule has 3 fully saturated rings. The maximum absolute atomic E-state index is 14.3. The molecule has 1 aromatic heterocycles. The van der Waals surface area contributed by atoms with Gasteiger partial charge in [0.15, 0.2) is 12.1 Å². The van der Waals surface area contributed by atoms with Crippen molar-refractivity contribution in [3.05, 3.63) is 51.5 Å². The Kier molecular flexibility index (Phi) is 11.6. The van der Waals surface area contributed by atoms with E-state index in [1.54, 1.807) is 32.7 Å². The number of fused-ring (bicyclic) bond motifs is 8. The highest BCUT2D eigenvalue weighted by Gasteiger charge is 2.57. The second-order valence-electron chi connectivity index (χ2n) is 15.3. The Morgan fingerprint density at radius 2 is 1.75 bits per heavy atom.